The van der Waals surface area contributed by atoms with Crippen molar-refractivity contribution in [2.45, 2.75) is 50.5 Å². The van der Waals surface area contributed by atoms with Crippen LogP contribution in [-0.2, 0) is 16.4 Å². The second kappa shape index (κ2) is 8.31. The lowest BCUT2D eigenvalue weighted by Gasteiger charge is -2.24. The molecule has 0 fully saturated rings. The van der Waals surface area contributed by atoms with Crippen LogP contribution in [0.25, 0.3) is 0 Å². The van der Waals surface area contributed by atoms with E-state index < -0.39 is 15.8 Å². The average molecular weight is 405 g/mol. The van der Waals surface area contributed by atoms with Crippen LogP contribution in [0.4, 0.5) is 10.1 Å². The van der Waals surface area contributed by atoms with E-state index in [-0.39, 0.29) is 16.8 Å². The fourth-order valence-electron chi connectivity index (χ4n) is 3.51. The van der Waals surface area contributed by atoms with Gasteiger partial charge in [0.15, 0.2) is 0 Å². The monoisotopic (exact) mass is 404 g/mol. The Kier molecular flexibility index (Phi) is 6.03. The van der Waals surface area contributed by atoms with Gasteiger partial charge in [0.05, 0.1) is 10.6 Å². The van der Waals surface area contributed by atoms with E-state index in [0.717, 1.165) is 37.0 Å². The molecule has 1 aliphatic rings. The number of halogens is 1. The van der Waals surface area contributed by atoms with Crippen LogP contribution in [0.15, 0.2) is 47.4 Å². The van der Waals surface area contributed by atoms with E-state index in [1.807, 2.05) is 6.92 Å². The largest absolute Gasteiger partial charge is 0.352 e. The van der Waals surface area contributed by atoms with E-state index in [9.17, 15) is 17.6 Å². The summed E-state index contributed by atoms with van der Waals surface area (Å²) in [5.74, 6) is -0.630. The predicted octanol–water partition coefficient (Wildman–Crippen LogP) is 3.89. The Balaban J connectivity index is 1.84. The molecule has 1 heterocycles. The van der Waals surface area contributed by atoms with Gasteiger partial charge in [-0.15, -0.1) is 0 Å². The third kappa shape index (κ3) is 4.04. The van der Waals surface area contributed by atoms with Crippen LogP contribution in [0.5, 0.6) is 0 Å². The van der Waals surface area contributed by atoms with E-state index in [1.165, 1.54) is 16.4 Å². The Hall–Kier alpha value is -2.41. The third-order valence-electron chi connectivity index (χ3n) is 4.93. The molecule has 1 aliphatic heterocycles. The molecule has 1 amide bonds. The summed E-state index contributed by atoms with van der Waals surface area (Å²) in [6.07, 6.45) is 3.61. The van der Waals surface area contributed by atoms with Crippen LogP contribution in [0, 0.1) is 5.82 Å². The first-order valence-electron chi connectivity index (χ1n) is 9.55. The van der Waals surface area contributed by atoms with Crippen LogP contribution in [0.3, 0.4) is 0 Å². The first-order chi connectivity index (χ1) is 13.3. The number of unbranched alkanes of at least 4 members (excludes halogenated alkanes) is 2. The lowest BCUT2D eigenvalue weighted by Crippen LogP contribution is -2.35. The van der Waals surface area contributed by atoms with Crippen LogP contribution in [-0.4, -0.2) is 26.9 Å². The van der Waals surface area contributed by atoms with Gasteiger partial charge in [0.2, 0.25) is 0 Å². The number of hydrogen-bond acceptors (Lipinski definition) is 3. The molecule has 1 atom stereocenters. The molecule has 0 radical (unpaired) electrons. The van der Waals surface area contributed by atoms with E-state index >= 15 is 0 Å². The molecule has 0 spiro atoms. The maximum Gasteiger partial charge on any atom is 0.264 e. The summed E-state index contributed by atoms with van der Waals surface area (Å²) >= 11 is 0. The molecule has 0 bridgehead atoms. The van der Waals surface area contributed by atoms with Crippen molar-refractivity contribution in [1.82, 2.24) is 5.32 Å². The second-order valence-electron chi connectivity index (χ2n) is 7.11. The zero-order valence-electron chi connectivity index (χ0n) is 16.1. The molecule has 7 heteroatoms. The number of nitrogens with one attached hydrogen (secondary N) is 1. The molecule has 3 rings (SSSR count). The van der Waals surface area contributed by atoms with Crippen molar-refractivity contribution in [1.29, 1.82) is 0 Å². The molecule has 5 nitrogen and oxygen atoms in total. The zero-order valence-corrected chi connectivity index (χ0v) is 16.9. The second-order valence-corrected chi connectivity index (χ2v) is 8.93. The van der Waals surface area contributed by atoms with Crippen LogP contribution in [0.2, 0.25) is 0 Å². The number of amides is 1. The van der Waals surface area contributed by atoms with Crippen molar-refractivity contribution in [3.05, 3.63) is 59.4 Å². The zero-order chi connectivity index (χ0) is 20.3. The molecule has 0 unspecified atom stereocenters. The van der Waals surface area contributed by atoms with Crippen molar-refractivity contribution >= 4 is 21.6 Å². The van der Waals surface area contributed by atoms with Gasteiger partial charge in [0.1, 0.15) is 5.82 Å². The minimum absolute atomic E-state index is 0.0475. The van der Waals surface area contributed by atoms with E-state index in [4.69, 9.17) is 0 Å². The summed E-state index contributed by atoms with van der Waals surface area (Å²) in [7, 11) is -3.81. The van der Waals surface area contributed by atoms with Gasteiger partial charge in [-0.3, -0.25) is 9.10 Å². The number of carbonyl (C=O) groups excluding carboxylic acids is 1. The first kappa shape index (κ1) is 20.3. The number of nitrogens with zero attached hydrogens (tertiary/aromatic N) is 1. The summed E-state index contributed by atoms with van der Waals surface area (Å²) in [6, 6.07) is 9.64. The van der Waals surface area contributed by atoms with Crippen molar-refractivity contribution in [2.75, 3.05) is 10.8 Å². The summed E-state index contributed by atoms with van der Waals surface area (Å²) in [6.45, 7) is 4.56. The number of carbonyl (C=O) groups is 1. The van der Waals surface area contributed by atoms with Gasteiger partial charge in [-0.1, -0.05) is 19.8 Å². The average Bonchev–Trinajstić information content (AvgIpc) is 3.01. The Morgan fingerprint density at radius 1 is 1.18 bits per heavy atom. The van der Waals surface area contributed by atoms with Gasteiger partial charge < -0.3 is 5.32 Å². The highest BCUT2D eigenvalue weighted by Gasteiger charge is 2.36. The standard InChI is InChI=1S/C21H25FN2O3S/c1-3-4-5-12-23-21(25)16-6-11-20-17(14-16)13-15(2)24(20)28(26,27)19-9-7-18(22)8-10-19/h6-11,14-15H,3-5,12-13H2,1-2H3,(H,23,25)/t15-/m1/s1. The van der Waals surface area contributed by atoms with Crippen LogP contribution >= 0.6 is 0 Å². The molecule has 1 N–H and O–H groups in total. The van der Waals surface area contributed by atoms with E-state index in [2.05, 4.69) is 12.2 Å². The lowest BCUT2D eigenvalue weighted by molar-refractivity contribution is 0.0953. The number of sulfonamides is 1. The van der Waals surface area contributed by atoms with Gasteiger partial charge in [0, 0.05) is 18.2 Å². The van der Waals surface area contributed by atoms with Gasteiger partial charge in [-0.2, -0.15) is 0 Å². The highest BCUT2D eigenvalue weighted by atomic mass is 32.2. The van der Waals surface area contributed by atoms with Gasteiger partial charge in [-0.25, -0.2) is 12.8 Å². The lowest BCUT2D eigenvalue weighted by atomic mass is 10.1. The molecule has 2 aromatic carbocycles. The summed E-state index contributed by atoms with van der Waals surface area (Å²) in [5.41, 5.74) is 1.92. The van der Waals surface area contributed by atoms with Crippen molar-refractivity contribution < 1.29 is 17.6 Å². The molecule has 28 heavy (non-hydrogen) atoms. The molecular formula is C21H25FN2O3S. The normalized spacial score (nSPS) is 16.1. The highest BCUT2D eigenvalue weighted by molar-refractivity contribution is 7.92. The fourth-order valence-corrected chi connectivity index (χ4v) is 5.20. The van der Waals surface area contributed by atoms with Crippen molar-refractivity contribution in [2.24, 2.45) is 0 Å². The van der Waals surface area contributed by atoms with E-state index in [1.54, 1.807) is 18.2 Å². The number of fused-ring (bicyclic) bond motifs is 1. The Morgan fingerprint density at radius 3 is 2.57 bits per heavy atom. The third-order valence-corrected chi connectivity index (χ3v) is 6.87. The molecule has 2 aromatic rings. The Bertz CT molecular complexity index is 958. The molecule has 0 aliphatic carbocycles. The number of benzene rings is 2. The molecule has 0 aromatic heterocycles. The summed E-state index contributed by atoms with van der Waals surface area (Å²) in [4.78, 5) is 12.4. The predicted molar refractivity (Wildman–Crippen MR) is 108 cm³/mol. The minimum atomic E-state index is -3.81. The molecule has 0 saturated heterocycles. The summed E-state index contributed by atoms with van der Waals surface area (Å²) < 4.78 is 40.7. The van der Waals surface area contributed by atoms with Gasteiger partial charge >= 0.3 is 0 Å². The highest BCUT2D eigenvalue weighted by Crippen LogP contribution is 2.37. The van der Waals surface area contributed by atoms with E-state index in [0.29, 0.717) is 24.2 Å². The molecule has 0 saturated carbocycles. The molecule has 150 valence electrons. The fraction of sp³-hybridized carbons (Fsp3) is 0.381. The van der Waals surface area contributed by atoms with Crippen molar-refractivity contribution in [3.8, 4) is 0 Å². The first-order valence-corrected chi connectivity index (χ1v) is 11.0. The van der Waals surface area contributed by atoms with Gasteiger partial charge in [0.25, 0.3) is 15.9 Å². The van der Waals surface area contributed by atoms with Crippen LogP contribution < -0.4 is 9.62 Å². The minimum Gasteiger partial charge on any atom is -0.352 e. The SMILES string of the molecule is CCCCCNC(=O)c1ccc2c(c1)C[C@@H](C)N2S(=O)(=O)c1ccc(F)cc1. The number of rotatable bonds is 7. The number of hydrogen-bond donors (Lipinski definition) is 1. The van der Waals surface area contributed by atoms with Crippen LogP contribution in [0.1, 0.15) is 49.0 Å². The van der Waals surface area contributed by atoms with Gasteiger partial charge in [-0.05, 0) is 67.8 Å². The number of anilines is 1. The molecular weight excluding hydrogens is 379 g/mol. The smallest absolute Gasteiger partial charge is 0.264 e. The van der Waals surface area contributed by atoms with Crippen molar-refractivity contribution in [3.63, 3.8) is 0 Å². The maximum atomic E-state index is 13.2. The summed E-state index contributed by atoms with van der Waals surface area (Å²) in [5, 5.41) is 2.90. The Labute approximate surface area is 165 Å². The Morgan fingerprint density at radius 2 is 1.89 bits per heavy atom. The quantitative estimate of drug-likeness (QED) is 0.712. The topological polar surface area (TPSA) is 66.5 Å². The maximum absolute atomic E-state index is 13.2.